The highest BCUT2D eigenvalue weighted by atomic mass is 16.5. The fourth-order valence-electron chi connectivity index (χ4n) is 1.51. The first kappa shape index (κ1) is 14.7. The summed E-state index contributed by atoms with van der Waals surface area (Å²) in [6, 6.07) is 0. The van der Waals surface area contributed by atoms with Gasteiger partial charge in [-0.15, -0.1) is 0 Å². The van der Waals surface area contributed by atoms with Crippen molar-refractivity contribution >= 4 is 5.82 Å². The number of unbranched alkanes of at least 4 members (excludes halogenated alkanes) is 2. The van der Waals surface area contributed by atoms with Crippen molar-refractivity contribution < 1.29 is 4.74 Å². The Balaban J connectivity index is 2.86. The Hall–Kier alpha value is -1.32. The maximum atomic E-state index is 5.92. The topological polar surface area (TPSA) is 61.0 Å². The van der Waals surface area contributed by atoms with Crippen molar-refractivity contribution in [2.75, 3.05) is 12.3 Å². The molecule has 0 spiro atoms. The van der Waals surface area contributed by atoms with Crippen LogP contribution < -0.4 is 10.5 Å². The van der Waals surface area contributed by atoms with Crippen LogP contribution in [0.3, 0.4) is 0 Å². The van der Waals surface area contributed by atoms with Crippen molar-refractivity contribution in [1.29, 1.82) is 0 Å². The Labute approximate surface area is 110 Å². The van der Waals surface area contributed by atoms with Gasteiger partial charge in [-0.05, 0) is 13.3 Å². The molecule has 0 saturated carbocycles. The summed E-state index contributed by atoms with van der Waals surface area (Å²) in [5.41, 5.74) is 6.63. The third-order valence-corrected chi connectivity index (χ3v) is 2.80. The molecule has 1 aromatic heterocycles. The van der Waals surface area contributed by atoms with Gasteiger partial charge < -0.3 is 10.5 Å². The van der Waals surface area contributed by atoms with E-state index in [1.54, 1.807) is 0 Å². The van der Waals surface area contributed by atoms with Crippen LogP contribution in [-0.2, 0) is 5.41 Å². The predicted molar refractivity (Wildman–Crippen MR) is 74.9 cm³/mol. The molecule has 0 aromatic carbocycles. The summed E-state index contributed by atoms with van der Waals surface area (Å²) < 4.78 is 5.72. The molecule has 0 saturated heterocycles. The molecule has 18 heavy (non-hydrogen) atoms. The number of anilines is 1. The average molecular weight is 251 g/mol. The lowest BCUT2D eigenvalue weighted by molar-refractivity contribution is 0.289. The van der Waals surface area contributed by atoms with Gasteiger partial charge >= 0.3 is 0 Å². The molecule has 4 nitrogen and oxygen atoms in total. The van der Waals surface area contributed by atoms with E-state index in [1.165, 1.54) is 12.8 Å². The lowest BCUT2D eigenvalue weighted by Crippen LogP contribution is -2.18. The fraction of sp³-hybridized carbons (Fsp3) is 0.714. The van der Waals surface area contributed by atoms with E-state index in [0.29, 0.717) is 18.3 Å². The van der Waals surface area contributed by atoms with E-state index in [-0.39, 0.29) is 5.41 Å². The summed E-state index contributed by atoms with van der Waals surface area (Å²) in [7, 11) is 0. The van der Waals surface area contributed by atoms with Crippen molar-refractivity contribution in [2.45, 2.75) is 59.3 Å². The third kappa shape index (κ3) is 3.86. The van der Waals surface area contributed by atoms with Crippen LogP contribution in [0.15, 0.2) is 0 Å². The van der Waals surface area contributed by atoms with E-state index in [1.807, 2.05) is 6.92 Å². The Morgan fingerprint density at radius 3 is 2.39 bits per heavy atom. The quantitative estimate of drug-likeness (QED) is 0.816. The van der Waals surface area contributed by atoms with Gasteiger partial charge in [-0.2, -0.15) is 4.98 Å². The van der Waals surface area contributed by atoms with Gasteiger partial charge in [0, 0.05) is 5.41 Å². The number of nitrogens with two attached hydrogens (primary N) is 1. The molecule has 0 aliphatic heterocycles. The number of hydrogen-bond acceptors (Lipinski definition) is 4. The first-order chi connectivity index (χ1) is 8.36. The van der Waals surface area contributed by atoms with E-state index in [4.69, 9.17) is 10.5 Å². The number of nitrogen functional groups attached to an aromatic ring is 1. The lowest BCUT2D eigenvalue weighted by Gasteiger charge is -2.19. The van der Waals surface area contributed by atoms with Crippen molar-refractivity contribution in [3.05, 3.63) is 11.4 Å². The second kappa shape index (κ2) is 6.03. The van der Waals surface area contributed by atoms with E-state index in [0.717, 1.165) is 17.8 Å². The molecular weight excluding hydrogens is 226 g/mol. The zero-order valence-corrected chi connectivity index (χ0v) is 12.2. The Kier molecular flexibility index (Phi) is 4.93. The van der Waals surface area contributed by atoms with Crippen LogP contribution in [0.4, 0.5) is 5.82 Å². The van der Waals surface area contributed by atoms with Crippen LogP contribution in [-0.4, -0.2) is 16.6 Å². The van der Waals surface area contributed by atoms with Gasteiger partial charge in [0.15, 0.2) is 0 Å². The smallest absolute Gasteiger partial charge is 0.221 e. The molecule has 1 heterocycles. The highest BCUT2D eigenvalue weighted by Crippen LogP contribution is 2.26. The summed E-state index contributed by atoms with van der Waals surface area (Å²) in [5, 5.41) is 0. The first-order valence-corrected chi connectivity index (χ1v) is 6.63. The summed E-state index contributed by atoms with van der Waals surface area (Å²) >= 11 is 0. The number of rotatable bonds is 5. The van der Waals surface area contributed by atoms with Gasteiger partial charge in [0.2, 0.25) is 5.88 Å². The van der Waals surface area contributed by atoms with Gasteiger partial charge in [-0.3, -0.25) is 0 Å². The molecule has 1 rings (SSSR count). The number of hydrogen-bond donors (Lipinski definition) is 1. The summed E-state index contributed by atoms with van der Waals surface area (Å²) in [6.07, 6.45) is 3.40. The Morgan fingerprint density at radius 1 is 1.17 bits per heavy atom. The van der Waals surface area contributed by atoms with E-state index >= 15 is 0 Å². The summed E-state index contributed by atoms with van der Waals surface area (Å²) in [6.45, 7) is 11.0. The van der Waals surface area contributed by atoms with Gasteiger partial charge in [-0.1, -0.05) is 40.5 Å². The largest absolute Gasteiger partial charge is 0.477 e. The molecule has 0 radical (unpaired) electrons. The fourth-order valence-corrected chi connectivity index (χ4v) is 1.51. The second-order valence-corrected chi connectivity index (χ2v) is 5.67. The highest BCUT2D eigenvalue weighted by Gasteiger charge is 2.20. The molecule has 0 fully saturated rings. The van der Waals surface area contributed by atoms with Crippen molar-refractivity contribution in [3.63, 3.8) is 0 Å². The normalized spacial score (nSPS) is 11.6. The zero-order chi connectivity index (χ0) is 13.8. The molecule has 0 atom stereocenters. The van der Waals surface area contributed by atoms with Crippen LogP contribution in [0.5, 0.6) is 5.88 Å². The van der Waals surface area contributed by atoms with Crippen molar-refractivity contribution in [2.24, 2.45) is 0 Å². The minimum Gasteiger partial charge on any atom is -0.477 e. The highest BCUT2D eigenvalue weighted by molar-refractivity contribution is 5.45. The lowest BCUT2D eigenvalue weighted by atomic mass is 9.95. The summed E-state index contributed by atoms with van der Waals surface area (Å²) in [5.74, 6) is 1.88. The predicted octanol–water partition coefficient (Wildman–Crippen LogP) is 3.23. The van der Waals surface area contributed by atoms with E-state index < -0.39 is 0 Å². The van der Waals surface area contributed by atoms with Gasteiger partial charge in [0.1, 0.15) is 11.6 Å². The Morgan fingerprint density at radius 2 is 1.83 bits per heavy atom. The third-order valence-electron chi connectivity index (χ3n) is 2.80. The first-order valence-electron chi connectivity index (χ1n) is 6.63. The Bertz CT molecular complexity index is 397. The van der Waals surface area contributed by atoms with Crippen LogP contribution >= 0.6 is 0 Å². The van der Waals surface area contributed by atoms with Crippen LogP contribution in [0, 0.1) is 6.92 Å². The van der Waals surface area contributed by atoms with Crippen LogP contribution in [0.25, 0.3) is 0 Å². The molecule has 0 aliphatic carbocycles. The van der Waals surface area contributed by atoms with Gasteiger partial charge in [0.05, 0.1) is 12.2 Å². The molecule has 0 unspecified atom stereocenters. The molecule has 1 aromatic rings. The second-order valence-electron chi connectivity index (χ2n) is 5.67. The molecule has 2 N–H and O–H groups in total. The summed E-state index contributed by atoms with van der Waals surface area (Å²) in [4.78, 5) is 8.82. The minimum absolute atomic E-state index is 0.122. The van der Waals surface area contributed by atoms with E-state index in [9.17, 15) is 0 Å². The maximum Gasteiger partial charge on any atom is 0.221 e. The van der Waals surface area contributed by atoms with Crippen LogP contribution in [0.1, 0.15) is 58.3 Å². The van der Waals surface area contributed by atoms with E-state index in [2.05, 4.69) is 37.7 Å². The molecule has 0 bridgehead atoms. The number of ether oxygens (including phenoxy) is 1. The molecular formula is C14H25N3O. The molecule has 0 aliphatic rings. The average Bonchev–Trinajstić information content (AvgIpc) is 2.28. The number of nitrogens with zero attached hydrogens (tertiary/aromatic N) is 2. The van der Waals surface area contributed by atoms with Crippen molar-refractivity contribution in [1.82, 2.24) is 9.97 Å². The molecule has 102 valence electrons. The minimum atomic E-state index is -0.122. The van der Waals surface area contributed by atoms with Crippen LogP contribution in [0.2, 0.25) is 0 Å². The zero-order valence-electron chi connectivity index (χ0n) is 12.2. The number of aromatic nitrogens is 2. The molecule has 0 amide bonds. The molecule has 4 heteroatoms. The monoisotopic (exact) mass is 251 g/mol. The SMILES string of the molecule is CCCCCOc1nc(C(C)(C)C)nc(N)c1C. The standard InChI is InChI=1S/C14H25N3O/c1-6-7-8-9-18-12-10(2)11(15)16-13(17-12)14(3,4)5/h6-9H2,1-5H3,(H2,15,16,17). The van der Waals surface area contributed by atoms with Gasteiger partial charge in [-0.25, -0.2) is 4.98 Å². The maximum absolute atomic E-state index is 5.92. The van der Waals surface area contributed by atoms with Crippen molar-refractivity contribution in [3.8, 4) is 5.88 Å². The van der Waals surface area contributed by atoms with Gasteiger partial charge in [0.25, 0.3) is 0 Å².